The molecule has 6 nitrogen and oxygen atoms in total. The Bertz CT molecular complexity index is 1130. The van der Waals surface area contributed by atoms with Gasteiger partial charge < -0.3 is 5.32 Å². The summed E-state index contributed by atoms with van der Waals surface area (Å²) < 4.78 is 1.37. The zero-order chi connectivity index (χ0) is 19.8. The molecule has 1 aliphatic rings. The molecule has 0 bridgehead atoms. The summed E-state index contributed by atoms with van der Waals surface area (Å²) in [6.45, 7) is 3.62. The van der Waals surface area contributed by atoms with Crippen LogP contribution in [0.5, 0.6) is 0 Å². The highest BCUT2D eigenvalue weighted by Gasteiger charge is 2.23. The second-order valence-corrected chi connectivity index (χ2v) is 8.47. The molecule has 2 aromatic heterocycles. The third kappa shape index (κ3) is 3.49. The number of fused-ring (bicyclic) bond motifs is 3. The number of hydrogen-bond acceptors (Lipinski definition) is 5. The number of ketones is 1. The summed E-state index contributed by atoms with van der Waals surface area (Å²) in [7, 11) is 0. The van der Waals surface area contributed by atoms with Gasteiger partial charge in [0.2, 0.25) is 5.91 Å². The molecule has 144 valence electrons. The first-order chi connectivity index (χ1) is 13.4. The van der Waals surface area contributed by atoms with Crippen molar-refractivity contribution in [1.82, 2.24) is 9.55 Å². The van der Waals surface area contributed by atoms with Gasteiger partial charge in [0.05, 0.1) is 11.7 Å². The Hall–Kier alpha value is -2.80. The number of hydrogen-bond donors (Lipinski definition) is 1. The van der Waals surface area contributed by atoms with Gasteiger partial charge in [-0.25, -0.2) is 4.98 Å². The van der Waals surface area contributed by atoms with Crippen LogP contribution in [0.15, 0.2) is 35.4 Å². The summed E-state index contributed by atoms with van der Waals surface area (Å²) in [6, 6.07) is 6.68. The average Bonchev–Trinajstić information content (AvgIpc) is 3.02. The third-order valence-corrected chi connectivity index (χ3v) is 6.33. The molecule has 1 aliphatic carbocycles. The van der Waals surface area contributed by atoms with Gasteiger partial charge in [0.15, 0.2) is 5.78 Å². The van der Waals surface area contributed by atoms with E-state index in [1.54, 1.807) is 35.6 Å². The van der Waals surface area contributed by atoms with Crippen LogP contribution in [0.25, 0.3) is 10.2 Å². The van der Waals surface area contributed by atoms with E-state index in [1.807, 2.05) is 0 Å². The van der Waals surface area contributed by atoms with Crippen molar-refractivity contribution in [2.75, 3.05) is 5.32 Å². The van der Waals surface area contributed by atoms with Crippen LogP contribution in [-0.2, 0) is 24.2 Å². The maximum atomic E-state index is 13.0. The predicted octanol–water partition coefficient (Wildman–Crippen LogP) is 3.42. The highest BCUT2D eigenvalue weighted by Crippen LogP contribution is 2.35. The number of anilines is 1. The van der Waals surface area contributed by atoms with Crippen molar-refractivity contribution in [3.8, 4) is 0 Å². The van der Waals surface area contributed by atoms with E-state index in [-0.39, 0.29) is 23.8 Å². The topological polar surface area (TPSA) is 81.1 Å². The van der Waals surface area contributed by atoms with Crippen LogP contribution >= 0.6 is 11.3 Å². The second-order valence-electron chi connectivity index (χ2n) is 7.39. The standard InChI is InChI=1S/C21H21N3O3S/c1-12-3-8-16-17(9-12)28-20-19(16)21(27)24(11-22-20)10-18(26)23-15-6-4-14(5-7-15)13(2)25/h4-7,11-12H,3,8-10H2,1-2H3,(H,23,26)/t12-/m0/s1. The summed E-state index contributed by atoms with van der Waals surface area (Å²) in [5, 5.41) is 3.43. The summed E-state index contributed by atoms with van der Waals surface area (Å²) in [5.41, 5.74) is 2.13. The van der Waals surface area contributed by atoms with Gasteiger partial charge in [0, 0.05) is 16.1 Å². The number of nitrogens with one attached hydrogen (secondary N) is 1. The molecule has 1 amide bonds. The van der Waals surface area contributed by atoms with E-state index < -0.39 is 0 Å². The van der Waals surface area contributed by atoms with E-state index in [4.69, 9.17) is 0 Å². The summed E-state index contributed by atoms with van der Waals surface area (Å²) in [5.74, 6) is 0.289. The molecule has 3 aromatic rings. The van der Waals surface area contributed by atoms with Crippen molar-refractivity contribution >= 4 is 38.9 Å². The smallest absolute Gasteiger partial charge is 0.262 e. The van der Waals surface area contributed by atoms with Crippen molar-refractivity contribution in [2.24, 2.45) is 5.92 Å². The van der Waals surface area contributed by atoms with E-state index in [0.29, 0.717) is 22.6 Å². The van der Waals surface area contributed by atoms with Crippen LogP contribution in [0.3, 0.4) is 0 Å². The summed E-state index contributed by atoms with van der Waals surface area (Å²) in [6.07, 6.45) is 4.41. The second kappa shape index (κ2) is 7.31. The highest BCUT2D eigenvalue weighted by atomic mass is 32.1. The molecule has 0 saturated carbocycles. The van der Waals surface area contributed by atoms with Gasteiger partial charge in [-0.1, -0.05) is 6.92 Å². The molecule has 0 radical (unpaired) electrons. The predicted molar refractivity (Wildman–Crippen MR) is 110 cm³/mol. The van der Waals surface area contributed by atoms with Gasteiger partial charge in [0.1, 0.15) is 11.4 Å². The Morgan fingerprint density at radius 1 is 1.29 bits per heavy atom. The molecule has 0 spiro atoms. The fraction of sp³-hybridized carbons (Fsp3) is 0.333. The molecule has 0 fully saturated rings. The Morgan fingerprint density at radius 3 is 2.75 bits per heavy atom. The van der Waals surface area contributed by atoms with Gasteiger partial charge in [-0.3, -0.25) is 19.0 Å². The van der Waals surface area contributed by atoms with Crippen molar-refractivity contribution in [3.05, 3.63) is 57.0 Å². The lowest BCUT2D eigenvalue weighted by molar-refractivity contribution is -0.116. The van der Waals surface area contributed by atoms with Crippen LogP contribution in [0.4, 0.5) is 5.69 Å². The number of rotatable bonds is 4. The summed E-state index contributed by atoms with van der Waals surface area (Å²) >= 11 is 1.60. The molecule has 0 aliphatic heterocycles. The monoisotopic (exact) mass is 395 g/mol. The molecule has 1 atom stereocenters. The Labute approximate surface area is 166 Å². The van der Waals surface area contributed by atoms with Crippen molar-refractivity contribution in [1.29, 1.82) is 0 Å². The molecule has 4 rings (SSSR count). The van der Waals surface area contributed by atoms with Gasteiger partial charge in [0.25, 0.3) is 5.56 Å². The molecule has 1 aromatic carbocycles. The Kier molecular flexibility index (Phi) is 4.85. The number of benzene rings is 1. The van der Waals surface area contributed by atoms with Gasteiger partial charge in [-0.2, -0.15) is 0 Å². The van der Waals surface area contributed by atoms with Crippen LogP contribution in [0.2, 0.25) is 0 Å². The first-order valence-electron chi connectivity index (χ1n) is 9.33. The van der Waals surface area contributed by atoms with Gasteiger partial charge >= 0.3 is 0 Å². The fourth-order valence-corrected chi connectivity index (χ4v) is 4.96. The Balaban J connectivity index is 1.56. The maximum Gasteiger partial charge on any atom is 0.262 e. The molecule has 2 heterocycles. The number of aryl methyl sites for hydroxylation is 1. The lowest BCUT2D eigenvalue weighted by Gasteiger charge is -2.17. The number of carbonyl (C=O) groups is 2. The van der Waals surface area contributed by atoms with Crippen LogP contribution in [0.1, 0.15) is 41.1 Å². The Morgan fingerprint density at radius 2 is 2.04 bits per heavy atom. The maximum absolute atomic E-state index is 13.0. The number of amides is 1. The average molecular weight is 395 g/mol. The minimum absolute atomic E-state index is 0.0303. The van der Waals surface area contributed by atoms with Crippen LogP contribution < -0.4 is 10.9 Å². The van der Waals surface area contributed by atoms with Gasteiger partial charge in [-0.15, -0.1) is 11.3 Å². The van der Waals surface area contributed by atoms with Crippen LogP contribution in [0, 0.1) is 5.92 Å². The number of nitrogens with zero attached hydrogens (tertiary/aromatic N) is 2. The number of thiophene rings is 1. The van der Waals surface area contributed by atoms with Crippen molar-refractivity contribution < 1.29 is 9.59 Å². The number of aromatic nitrogens is 2. The largest absolute Gasteiger partial charge is 0.325 e. The SMILES string of the molecule is CC(=O)c1ccc(NC(=O)Cn2cnc3sc4c(c3c2=O)CC[C@H](C)C4)cc1. The van der Waals surface area contributed by atoms with Crippen LogP contribution in [-0.4, -0.2) is 21.2 Å². The first kappa shape index (κ1) is 18.6. The quantitative estimate of drug-likeness (QED) is 0.687. The highest BCUT2D eigenvalue weighted by molar-refractivity contribution is 7.18. The van der Waals surface area contributed by atoms with E-state index in [0.717, 1.165) is 29.7 Å². The van der Waals surface area contributed by atoms with E-state index >= 15 is 0 Å². The fourth-order valence-electron chi connectivity index (χ4n) is 3.62. The molecule has 0 unspecified atom stereocenters. The molecule has 1 N–H and O–H groups in total. The van der Waals surface area contributed by atoms with E-state index in [2.05, 4.69) is 17.2 Å². The number of Topliss-reactive ketones (excluding diaryl/α,β-unsaturated/α-hetero) is 1. The summed E-state index contributed by atoms with van der Waals surface area (Å²) in [4.78, 5) is 43.1. The molecule has 7 heteroatoms. The first-order valence-corrected chi connectivity index (χ1v) is 10.1. The van der Waals surface area contributed by atoms with Crippen molar-refractivity contribution in [3.63, 3.8) is 0 Å². The molecule has 0 saturated heterocycles. The zero-order valence-corrected chi connectivity index (χ0v) is 16.6. The number of carbonyl (C=O) groups excluding carboxylic acids is 2. The minimum Gasteiger partial charge on any atom is -0.325 e. The third-order valence-electron chi connectivity index (χ3n) is 5.17. The molecule has 28 heavy (non-hydrogen) atoms. The zero-order valence-electron chi connectivity index (χ0n) is 15.8. The van der Waals surface area contributed by atoms with Gasteiger partial charge in [-0.05, 0) is 61.9 Å². The van der Waals surface area contributed by atoms with E-state index in [9.17, 15) is 14.4 Å². The lowest BCUT2D eigenvalue weighted by Crippen LogP contribution is -2.28. The van der Waals surface area contributed by atoms with E-state index in [1.165, 1.54) is 22.7 Å². The molecular weight excluding hydrogens is 374 g/mol. The lowest BCUT2D eigenvalue weighted by atomic mass is 9.89. The minimum atomic E-state index is -0.309. The van der Waals surface area contributed by atoms with Crippen molar-refractivity contribution in [2.45, 2.75) is 39.7 Å². The normalized spacial score (nSPS) is 16.0. The molecular formula is C21H21N3O3S.